The van der Waals surface area contributed by atoms with Gasteiger partial charge in [0.15, 0.2) is 0 Å². The van der Waals surface area contributed by atoms with Gasteiger partial charge in [-0.15, -0.1) is 0 Å². The quantitative estimate of drug-likeness (QED) is 0.800. The second kappa shape index (κ2) is 5.96. The second-order valence-electron chi connectivity index (χ2n) is 7.51. The number of nitrogens with one attached hydrogen (secondary N) is 1. The van der Waals surface area contributed by atoms with Gasteiger partial charge in [-0.25, -0.2) is 12.7 Å². The molecular formula is C16H28N2O3S. The molecule has 5 nitrogen and oxygen atoms in total. The number of carbonyl (C=O) groups is 1. The molecule has 2 aliphatic rings. The fourth-order valence-electron chi connectivity index (χ4n) is 3.47. The fourth-order valence-corrected chi connectivity index (χ4v) is 4.35. The van der Waals surface area contributed by atoms with Crippen LogP contribution < -0.4 is 5.32 Å². The molecule has 0 radical (unpaired) electrons. The number of amides is 1. The zero-order valence-corrected chi connectivity index (χ0v) is 15.0. The van der Waals surface area contributed by atoms with E-state index in [1.807, 2.05) is 0 Å². The van der Waals surface area contributed by atoms with Crippen molar-refractivity contribution >= 4 is 15.9 Å². The molecule has 0 bridgehead atoms. The first-order valence-corrected chi connectivity index (χ1v) is 9.79. The Hall–Kier alpha value is -0.880. The Kier molecular flexibility index (Phi) is 4.74. The van der Waals surface area contributed by atoms with Crippen LogP contribution in [-0.4, -0.2) is 44.0 Å². The van der Waals surface area contributed by atoms with Crippen molar-refractivity contribution in [1.82, 2.24) is 9.62 Å². The van der Waals surface area contributed by atoms with E-state index in [9.17, 15) is 13.2 Å². The summed E-state index contributed by atoms with van der Waals surface area (Å²) in [6.45, 7) is 9.38. The van der Waals surface area contributed by atoms with E-state index >= 15 is 0 Å². The van der Waals surface area contributed by atoms with Crippen LogP contribution in [-0.2, 0) is 14.8 Å². The van der Waals surface area contributed by atoms with E-state index in [0.29, 0.717) is 31.8 Å². The molecule has 0 aromatic rings. The molecule has 1 aliphatic carbocycles. The molecular weight excluding hydrogens is 300 g/mol. The minimum absolute atomic E-state index is 0.0226. The highest BCUT2D eigenvalue weighted by Gasteiger charge is 2.60. The zero-order valence-electron chi connectivity index (χ0n) is 14.2. The molecule has 0 spiro atoms. The van der Waals surface area contributed by atoms with Gasteiger partial charge in [0.2, 0.25) is 15.9 Å². The second-order valence-corrected chi connectivity index (χ2v) is 9.50. The molecule has 0 aromatic heterocycles. The van der Waals surface area contributed by atoms with E-state index in [0.717, 1.165) is 0 Å². The molecule has 2 rings (SSSR count). The highest BCUT2D eigenvalue weighted by atomic mass is 32.2. The van der Waals surface area contributed by atoms with Crippen LogP contribution in [0.15, 0.2) is 11.6 Å². The molecule has 126 valence electrons. The third-order valence-electron chi connectivity index (χ3n) is 4.98. The third-order valence-corrected chi connectivity index (χ3v) is 6.28. The van der Waals surface area contributed by atoms with E-state index in [1.54, 1.807) is 0 Å². The summed E-state index contributed by atoms with van der Waals surface area (Å²) in [6.07, 6.45) is 4.82. The Labute approximate surface area is 134 Å². The number of nitrogens with zero attached hydrogens (tertiary/aromatic N) is 1. The summed E-state index contributed by atoms with van der Waals surface area (Å²) in [4.78, 5) is 12.5. The first-order chi connectivity index (χ1) is 10.0. The van der Waals surface area contributed by atoms with Crippen molar-refractivity contribution in [1.29, 1.82) is 0 Å². The lowest BCUT2D eigenvalue weighted by atomic mass is 10.1. The largest absolute Gasteiger partial charge is 0.353 e. The smallest absolute Gasteiger partial charge is 0.224 e. The molecule has 2 fully saturated rings. The lowest BCUT2D eigenvalue weighted by Crippen LogP contribution is -2.46. The Morgan fingerprint density at radius 3 is 2.23 bits per heavy atom. The van der Waals surface area contributed by atoms with Gasteiger partial charge in [0, 0.05) is 19.1 Å². The van der Waals surface area contributed by atoms with E-state index in [-0.39, 0.29) is 23.3 Å². The minimum Gasteiger partial charge on any atom is -0.353 e. The molecule has 1 aliphatic heterocycles. The topological polar surface area (TPSA) is 66.5 Å². The van der Waals surface area contributed by atoms with Gasteiger partial charge in [0.05, 0.1) is 12.2 Å². The predicted octanol–water partition coefficient (Wildman–Crippen LogP) is 1.76. The molecule has 1 saturated heterocycles. The van der Waals surface area contributed by atoms with Crippen LogP contribution in [0.4, 0.5) is 0 Å². The molecule has 0 aromatic carbocycles. The van der Waals surface area contributed by atoms with Crippen molar-refractivity contribution in [2.24, 2.45) is 17.3 Å². The van der Waals surface area contributed by atoms with Gasteiger partial charge >= 0.3 is 0 Å². The Bertz CT molecular complexity index is 568. The number of sulfonamides is 1. The molecule has 1 N–H and O–H groups in total. The van der Waals surface area contributed by atoms with Crippen LogP contribution in [0.2, 0.25) is 0 Å². The number of rotatable bonds is 4. The summed E-state index contributed by atoms with van der Waals surface area (Å²) >= 11 is 0. The summed E-state index contributed by atoms with van der Waals surface area (Å²) < 4.78 is 24.5. The van der Waals surface area contributed by atoms with Gasteiger partial charge in [-0.05, 0) is 38.0 Å². The van der Waals surface area contributed by atoms with Gasteiger partial charge in [0.1, 0.15) is 0 Å². The third kappa shape index (κ3) is 3.71. The van der Waals surface area contributed by atoms with E-state index in [2.05, 4.69) is 39.1 Å². The Balaban J connectivity index is 1.88. The highest BCUT2D eigenvalue weighted by molar-refractivity contribution is 7.88. The average molecular weight is 328 g/mol. The van der Waals surface area contributed by atoms with Crippen molar-refractivity contribution < 1.29 is 13.2 Å². The lowest BCUT2D eigenvalue weighted by Gasteiger charge is -2.30. The zero-order chi connectivity index (χ0) is 16.7. The number of hydrogen-bond donors (Lipinski definition) is 1. The predicted molar refractivity (Wildman–Crippen MR) is 87.8 cm³/mol. The number of piperidine rings is 1. The van der Waals surface area contributed by atoms with E-state index in [4.69, 9.17) is 0 Å². The summed E-state index contributed by atoms with van der Waals surface area (Å²) in [5.74, 6) is 0.467. The van der Waals surface area contributed by atoms with Crippen LogP contribution in [0.5, 0.6) is 0 Å². The van der Waals surface area contributed by atoms with Gasteiger partial charge < -0.3 is 5.32 Å². The van der Waals surface area contributed by atoms with Crippen LogP contribution in [0.3, 0.4) is 0 Å². The summed E-state index contributed by atoms with van der Waals surface area (Å²) in [5, 5.41) is 3.12. The molecule has 1 amide bonds. The first-order valence-electron chi connectivity index (χ1n) is 7.94. The van der Waals surface area contributed by atoms with E-state index in [1.165, 1.54) is 16.1 Å². The molecule has 2 atom stereocenters. The summed E-state index contributed by atoms with van der Waals surface area (Å²) in [6, 6.07) is 0.0919. The van der Waals surface area contributed by atoms with Crippen molar-refractivity contribution in [3.05, 3.63) is 11.6 Å². The van der Waals surface area contributed by atoms with Crippen molar-refractivity contribution in [2.45, 2.75) is 46.6 Å². The molecule has 6 heteroatoms. The fraction of sp³-hybridized carbons (Fsp3) is 0.812. The van der Waals surface area contributed by atoms with Crippen LogP contribution >= 0.6 is 0 Å². The Morgan fingerprint density at radius 2 is 1.77 bits per heavy atom. The highest BCUT2D eigenvalue weighted by Crippen LogP contribution is 2.59. The van der Waals surface area contributed by atoms with E-state index < -0.39 is 10.0 Å². The van der Waals surface area contributed by atoms with Crippen molar-refractivity contribution in [2.75, 3.05) is 19.3 Å². The van der Waals surface area contributed by atoms with Crippen LogP contribution in [0.25, 0.3) is 0 Å². The number of carbonyl (C=O) groups excluding carboxylic acids is 1. The molecule has 0 unspecified atom stereocenters. The van der Waals surface area contributed by atoms with Crippen LogP contribution in [0, 0.1) is 17.3 Å². The number of hydrogen-bond acceptors (Lipinski definition) is 3. The van der Waals surface area contributed by atoms with Gasteiger partial charge in [-0.3, -0.25) is 4.79 Å². The average Bonchev–Trinajstić information content (AvgIpc) is 2.89. The molecule has 1 saturated carbocycles. The van der Waals surface area contributed by atoms with Gasteiger partial charge in [-0.2, -0.15) is 0 Å². The van der Waals surface area contributed by atoms with Crippen molar-refractivity contribution in [3.8, 4) is 0 Å². The van der Waals surface area contributed by atoms with Gasteiger partial charge in [0.25, 0.3) is 0 Å². The standard InChI is InChI=1S/C16H28N2O3S/c1-11(2)10-13-14(16(13,3)4)15(19)17-12-6-8-18(9-7-12)22(5,20)21/h10,12-14H,6-9H2,1-5H3,(H,17,19)/t13-,14+/m1/s1. The van der Waals surface area contributed by atoms with Crippen LogP contribution in [0.1, 0.15) is 40.5 Å². The molecule has 22 heavy (non-hydrogen) atoms. The maximum atomic E-state index is 12.5. The lowest BCUT2D eigenvalue weighted by molar-refractivity contribution is -0.124. The monoisotopic (exact) mass is 328 g/mol. The maximum Gasteiger partial charge on any atom is 0.224 e. The normalized spacial score (nSPS) is 29.0. The Morgan fingerprint density at radius 1 is 1.23 bits per heavy atom. The SMILES string of the molecule is CC(C)=C[C@@H]1[C@@H](C(=O)NC2CCN(S(C)(=O)=O)CC2)C1(C)C. The molecule has 1 heterocycles. The van der Waals surface area contributed by atoms with Crippen molar-refractivity contribution in [3.63, 3.8) is 0 Å². The summed E-state index contributed by atoms with van der Waals surface area (Å²) in [7, 11) is -3.11. The van der Waals surface area contributed by atoms with Gasteiger partial charge in [-0.1, -0.05) is 25.5 Å². The number of allylic oxidation sites excluding steroid dienone is 2. The minimum atomic E-state index is -3.11. The maximum absolute atomic E-state index is 12.5. The summed E-state index contributed by atoms with van der Waals surface area (Å²) in [5.41, 5.74) is 1.27. The first kappa shape index (κ1) is 17.5.